The van der Waals surface area contributed by atoms with Crippen LogP contribution in [-0.2, 0) is 11.3 Å². The van der Waals surface area contributed by atoms with E-state index in [9.17, 15) is 4.79 Å². The van der Waals surface area contributed by atoms with Gasteiger partial charge in [-0.25, -0.2) is 0 Å². The van der Waals surface area contributed by atoms with Crippen LogP contribution in [0.2, 0.25) is 0 Å². The normalized spacial score (nSPS) is 14.7. The predicted octanol–water partition coefficient (Wildman–Crippen LogP) is 2.23. The molecule has 8 nitrogen and oxygen atoms in total. The number of furan rings is 1. The number of amides is 1. The molecule has 0 aliphatic carbocycles. The van der Waals surface area contributed by atoms with E-state index in [1.165, 1.54) is 6.26 Å². The Morgan fingerprint density at radius 3 is 2.63 bits per heavy atom. The third-order valence-electron chi connectivity index (χ3n) is 4.92. The summed E-state index contributed by atoms with van der Waals surface area (Å²) in [6, 6.07) is 11.5. The largest absolute Gasteiger partial charge is 0.493 e. The second kappa shape index (κ2) is 11.3. The minimum absolute atomic E-state index is 0.0649. The summed E-state index contributed by atoms with van der Waals surface area (Å²) >= 11 is 0. The van der Waals surface area contributed by atoms with Crippen molar-refractivity contribution < 1.29 is 18.7 Å². The molecule has 0 spiro atoms. The van der Waals surface area contributed by atoms with Gasteiger partial charge in [0.25, 0.3) is 5.91 Å². The van der Waals surface area contributed by atoms with Crippen LogP contribution in [0.3, 0.4) is 0 Å². The van der Waals surface area contributed by atoms with Crippen LogP contribution >= 0.6 is 0 Å². The highest BCUT2D eigenvalue weighted by molar-refractivity contribution is 5.91. The molecule has 0 bridgehead atoms. The van der Waals surface area contributed by atoms with E-state index in [1.54, 1.807) is 26.3 Å². The van der Waals surface area contributed by atoms with Crippen molar-refractivity contribution in [1.29, 1.82) is 0 Å². The molecule has 1 aromatic heterocycles. The fourth-order valence-electron chi connectivity index (χ4n) is 3.33. The van der Waals surface area contributed by atoms with Gasteiger partial charge in [0.15, 0.2) is 11.7 Å². The summed E-state index contributed by atoms with van der Waals surface area (Å²) in [5, 5.41) is 3.41. The first-order valence-electron chi connectivity index (χ1n) is 10.2. The lowest BCUT2D eigenvalue weighted by Crippen LogP contribution is -2.53. The van der Waals surface area contributed by atoms with Crippen molar-refractivity contribution in [3.05, 3.63) is 54.0 Å². The second-order valence-corrected chi connectivity index (χ2v) is 7.00. The first-order valence-corrected chi connectivity index (χ1v) is 10.2. The first kappa shape index (κ1) is 21.7. The number of aliphatic imine (C=N–C) groups is 1. The van der Waals surface area contributed by atoms with Gasteiger partial charge in [0.1, 0.15) is 5.75 Å². The van der Waals surface area contributed by atoms with Crippen molar-refractivity contribution in [1.82, 2.24) is 15.1 Å². The molecule has 0 atom stereocenters. The van der Waals surface area contributed by atoms with E-state index >= 15 is 0 Å². The summed E-state index contributed by atoms with van der Waals surface area (Å²) in [7, 11) is 3.47. The summed E-state index contributed by atoms with van der Waals surface area (Å²) in [5.74, 6) is 2.00. The van der Waals surface area contributed by atoms with Crippen LogP contribution in [-0.4, -0.2) is 75.2 Å². The van der Waals surface area contributed by atoms with Gasteiger partial charge in [-0.15, -0.1) is 0 Å². The van der Waals surface area contributed by atoms with Crippen LogP contribution in [0.25, 0.3) is 0 Å². The summed E-state index contributed by atoms with van der Waals surface area (Å²) in [5.41, 5.74) is 1.12. The van der Waals surface area contributed by atoms with Crippen molar-refractivity contribution in [2.75, 3.05) is 53.6 Å². The molecule has 1 aliphatic heterocycles. The fraction of sp³-hybridized carbons (Fsp3) is 0.455. The molecular weight excluding hydrogens is 384 g/mol. The lowest BCUT2D eigenvalue weighted by Gasteiger charge is -2.36. The van der Waals surface area contributed by atoms with Crippen LogP contribution in [0.5, 0.6) is 5.75 Å². The van der Waals surface area contributed by atoms with Gasteiger partial charge in [0, 0.05) is 59.9 Å². The molecule has 162 valence electrons. The van der Waals surface area contributed by atoms with E-state index < -0.39 is 0 Å². The molecule has 0 saturated carbocycles. The number of hydrogen-bond acceptors (Lipinski definition) is 5. The van der Waals surface area contributed by atoms with Crippen molar-refractivity contribution in [3.63, 3.8) is 0 Å². The average molecular weight is 415 g/mol. The molecule has 3 rings (SSSR count). The molecule has 1 fully saturated rings. The standard InChI is InChI=1S/C22H30N4O4/c1-23-22(24-17-18-6-3-7-19(16-18)29-15-5-13-28-2)26-11-9-25(10-12-26)21(27)20-8-4-14-30-20/h3-4,6-8,14,16H,5,9-13,15,17H2,1-2H3,(H,23,24). The predicted molar refractivity (Wildman–Crippen MR) is 115 cm³/mol. The second-order valence-electron chi connectivity index (χ2n) is 7.00. The first-order chi connectivity index (χ1) is 14.7. The Bertz CT molecular complexity index is 814. The summed E-state index contributed by atoms with van der Waals surface area (Å²) < 4.78 is 16.0. The third kappa shape index (κ3) is 6.00. The number of rotatable bonds is 8. The van der Waals surface area contributed by atoms with Crippen molar-refractivity contribution >= 4 is 11.9 Å². The minimum Gasteiger partial charge on any atom is -0.493 e. The van der Waals surface area contributed by atoms with Crippen LogP contribution in [0.15, 0.2) is 52.1 Å². The van der Waals surface area contributed by atoms with Gasteiger partial charge < -0.3 is 29.0 Å². The Hall–Kier alpha value is -3.00. The SMILES string of the molecule is CN=C(NCc1cccc(OCCCOC)c1)N1CCN(C(=O)c2ccco2)CC1. The van der Waals surface area contributed by atoms with Crippen LogP contribution in [0.4, 0.5) is 0 Å². The van der Waals surface area contributed by atoms with Crippen molar-refractivity contribution in [3.8, 4) is 5.75 Å². The minimum atomic E-state index is -0.0649. The van der Waals surface area contributed by atoms with E-state index in [4.69, 9.17) is 13.9 Å². The number of nitrogens with one attached hydrogen (secondary N) is 1. The number of guanidine groups is 1. The maximum Gasteiger partial charge on any atom is 0.289 e. The number of ether oxygens (including phenoxy) is 2. The molecule has 0 unspecified atom stereocenters. The van der Waals surface area contributed by atoms with Gasteiger partial charge in [0.2, 0.25) is 0 Å². The topological polar surface area (TPSA) is 79.5 Å². The van der Waals surface area contributed by atoms with Crippen LogP contribution in [0, 0.1) is 0 Å². The Morgan fingerprint density at radius 2 is 1.93 bits per heavy atom. The zero-order chi connectivity index (χ0) is 21.2. The molecular formula is C22H30N4O4. The fourth-order valence-corrected chi connectivity index (χ4v) is 3.33. The van der Waals surface area contributed by atoms with Gasteiger partial charge in [-0.05, 0) is 29.8 Å². The van der Waals surface area contributed by atoms with E-state index in [0.29, 0.717) is 38.6 Å². The number of carbonyl (C=O) groups is 1. The molecule has 30 heavy (non-hydrogen) atoms. The molecule has 1 aliphatic rings. The van der Waals surface area contributed by atoms with E-state index in [2.05, 4.69) is 21.3 Å². The van der Waals surface area contributed by atoms with E-state index in [1.807, 2.05) is 23.1 Å². The molecule has 1 N–H and O–H groups in total. The molecule has 1 saturated heterocycles. The molecule has 2 heterocycles. The summed E-state index contributed by atoms with van der Waals surface area (Å²) in [6.45, 7) is 4.67. The Kier molecular flexibility index (Phi) is 8.14. The monoisotopic (exact) mass is 414 g/mol. The Labute approximate surface area is 177 Å². The van der Waals surface area contributed by atoms with E-state index in [0.717, 1.165) is 36.8 Å². The Morgan fingerprint density at radius 1 is 1.13 bits per heavy atom. The smallest absolute Gasteiger partial charge is 0.289 e. The lowest BCUT2D eigenvalue weighted by molar-refractivity contribution is 0.0657. The number of piperazine rings is 1. The van der Waals surface area contributed by atoms with Gasteiger partial charge in [-0.2, -0.15) is 0 Å². The maximum absolute atomic E-state index is 12.4. The molecule has 8 heteroatoms. The molecule has 0 radical (unpaired) electrons. The number of hydrogen-bond donors (Lipinski definition) is 1. The highest BCUT2D eigenvalue weighted by Gasteiger charge is 2.25. The molecule has 1 amide bonds. The van der Waals surface area contributed by atoms with Crippen molar-refractivity contribution in [2.24, 2.45) is 4.99 Å². The number of benzene rings is 1. The zero-order valence-electron chi connectivity index (χ0n) is 17.7. The Balaban J connectivity index is 1.47. The van der Waals surface area contributed by atoms with Crippen molar-refractivity contribution in [2.45, 2.75) is 13.0 Å². The quantitative estimate of drug-likeness (QED) is 0.405. The summed E-state index contributed by atoms with van der Waals surface area (Å²) in [6.07, 6.45) is 2.38. The lowest BCUT2D eigenvalue weighted by atomic mass is 10.2. The number of methoxy groups -OCH3 is 1. The van der Waals surface area contributed by atoms with Gasteiger partial charge in [0.05, 0.1) is 12.9 Å². The number of carbonyl (C=O) groups excluding carboxylic acids is 1. The highest BCUT2D eigenvalue weighted by Crippen LogP contribution is 2.14. The molecule has 1 aromatic carbocycles. The highest BCUT2D eigenvalue weighted by atomic mass is 16.5. The van der Waals surface area contributed by atoms with Gasteiger partial charge in [-0.1, -0.05) is 12.1 Å². The van der Waals surface area contributed by atoms with Crippen LogP contribution < -0.4 is 10.1 Å². The van der Waals surface area contributed by atoms with E-state index in [-0.39, 0.29) is 5.91 Å². The van der Waals surface area contributed by atoms with Gasteiger partial charge in [-0.3, -0.25) is 9.79 Å². The zero-order valence-corrected chi connectivity index (χ0v) is 17.7. The number of nitrogens with zero attached hydrogens (tertiary/aromatic N) is 3. The maximum atomic E-state index is 12.4. The average Bonchev–Trinajstić information content (AvgIpc) is 3.32. The molecule has 2 aromatic rings. The third-order valence-corrected chi connectivity index (χ3v) is 4.92. The van der Waals surface area contributed by atoms with Gasteiger partial charge >= 0.3 is 0 Å². The van der Waals surface area contributed by atoms with Crippen LogP contribution in [0.1, 0.15) is 22.5 Å². The summed E-state index contributed by atoms with van der Waals surface area (Å²) in [4.78, 5) is 20.8.